The summed E-state index contributed by atoms with van der Waals surface area (Å²) < 4.78 is 1.83. The average molecular weight is 459 g/mol. The first-order chi connectivity index (χ1) is 10.0. The normalized spacial score (nSPS) is 10.4. The average Bonchev–Trinajstić information content (AvgIpc) is 2.46. The molecular formula is C16H16BrIN2O. The lowest BCUT2D eigenvalue weighted by atomic mass is 10.1. The number of hydrogen-bond acceptors (Lipinski definition) is 2. The maximum absolute atomic E-state index is 12.9. The zero-order valence-corrected chi connectivity index (χ0v) is 15.4. The second-order valence-electron chi connectivity index (χ2n) is 4.68. The van der Waals surface area contributed by atoms with Gasteiger partial charge in [0, 0.05) is 26.0 Å². The number of hydrogen-bond donors (Lipinski definition) is 1. The topological polar surface area (TPSA) is 46.3 Å². The Balaban J connectivity index is 2.42. The summed E-state index contributed by atoms with van der Waals surface area (Å²) >= 11 is 5.67. The van der Waals surface area contributed by atoms with Crippen LogP contribution < -0.4 is 10.6 Å². The van der Waals surface area contributed by atoms with Crippen LogP contribution in [0.3, 0.4) is 0 Å². The van der Waals surface area contributed by atoms with Gasteiger partial charge in [-0.3, -0.25) is 4.79 Å². The van der Waals surface area contributed by atoms with E-state index in [1.54, 1.807) is 4.90 Å². The van der Waals surface area contributed by atoms with Crippen LogP contribution in [0.15, 0.2) is 46.9 Å². The van der Waals surface area contributed by atoms with Crippen LogP contribution >= 0.6 is 38.5 Å². The number of carbonyl (C=O) groups excluding carboxylic acids is 1. The highest BCUT2D eigenvalue weighted by Crippen LogP contribution is 2.25. The molecule has 3 nitrogen and oxygen atoms in total. The fourth-order valence-electron chi connectivity index (χ4n) is 2.07. The van der Waals surface area contributed by atoms with Crippen LogP contribution in [0.4, 0.5) is 11.4 Å². The minimum atomic E-state index is -0.0205. The molecule has 0 saturated carbocycles. The smallest absolute Gasteiger partial charge is 0.259 e. The molecule has 0 fully saturated rings. The minimum absolute atomic E-state index is 0.0205. The molecule has 5 heteroatoms. The quantitative estimate of drug-likeness (QED) is 0.533. The Hall–Kier alpha value is -1.08. The summed E-state index contributed by atoms with van der Waals surface area (Å²) in [6.07, 6.45) is 0.877. The Kier molecular flexibility index (Phi) is 5.64. The highest BCUT2D eigenvalue weighted by atomic mass is 127. The van der Waals surface area contributed by atoms with E-state index in [0.29, 0.717) is 17.8 Å². The van der Waals surface area contributed by atoms with E-state index in [0.717, 1.165) is 20.2 Å². The molecule has 0 heterocycles. The highest BCUT2D eigenvalue weighted by molar-refractivity contribution is 14.1. The predicted molar refractivity (Wildman–Crippen MR) is 99.7 cm³/mol. The number of benzene rings is 2. The molecule has 0 unspecified atom stereocenters. The van der Waals surface area contributed by atoms with Crippen molar-refractivity contribution < 1.29 is 4.79 Å². The highest BCUT2D eigenvalue weighted by Gasteiger charge is 2.19. The second-order valence-corrected chi connectivity index (χ2v) is 6.78. The Labute approximate surface area is 146 Å². The molecule has 21 heavy (non-hydrogen) atoms. The van der Waals surface area contributed by atoms with Crippen molar-refractivity contribution in [3.63, 3.8) is 0 Å². The summed E-state index contributed by atoms with van der Waals surface area (Å²) in [7, 11) is 0. The molecule has 0 aliphatic heterocycles. The van der Waals surface area contributed by atoms with Gasteiger partial charge in [-0.1, -0.05) is 13.0 Å². The second kappa shape index (κ2) is 7.26. The van der Waals surface area contributed by atoms with Crippen LogP contribution in [0.5, 0.6) is 0 Å². The summed E-state index contributed by atoms with van der Waals surface area (Å²) in [5.41, 5.74) is 7.98. The van der Waals surface area contributed by atoms with Gasteiger partial charge in [-0.2, -0.15) is 0 Å². The first-order valence-corrected chi connectivity index (χ1v) is 8.52. The fraction of sp³-hybridized carbons (Fsp3) is 0.188. The third-order valence-electron chi connectivity index (χ3n) is 3.03. The van der Waals surface area contributed by atoms with Crippen LogP contribution in [0, 0.1) is 3.57 Å². The van der Waals surface area contributed by atoms with Crippen molar-refractivity contribution in [2.24, 2.45) is 0 Å². The van der Waals surface area contributed by atoms with Gasteiger partial charge < -0.3 is 10.6 Å². The van der Waals surface area contributed by atoms with Gasteiger partial charge >= 0.3 is 0 Å². The Bertz CT molecular complexity index is 660. The Morgan fingerprint density at radius 3 is 2.71 bits per heavy atom. The van der Waals surface area contributed by atoms with Crippen LogP contribution in [0.25, 0.3) is 0 Å². The van der Waals surface area contributed by atoms with Crippen LogP contribution in [-0.2, 0) is 0 Å². The maximum Gasteiger partial charge on any atom is 0.259 e. The SMILES string of the molecule is CCCN(C(=O)c1cc(I)ccc1Br)c1cccc(N)c1. The number of nitrogens with zero attached hydrogens (tertiary/aromatic N) is 1. The lowest BCUT2D eigenvalue weighted by Gasteiger charge is -2.23. The van der Waals surface area contributed by atoms with Crippen molar-refractivity contribution in [1.29, 1.82) is 0 Å². The van der Waals surface area contributed by atoms with Gasteiger partial charge in [0.25, 0.3) is 5.91 Å². The van der Waals surface area contributed by atoms with Crippen LogP contribution in [0.1, 0.15) is 23.7 Å². The molecule has 0 aliphatic rings. The van der Waals surface area contributed by atoms with E-state index in [2.05, 4.69) is 45.4 Å². The molecule has 2 N–H and O–H groups in total. The van der Waals surface area contributed by atoms with Crippen molar-refractivity contribution in [3.05, 3.63) is 56.1 Å². The molecule has 0 aliphatic carbocycles. The number of nitrogen functional groups attached to an aromatic ring is 1. The number of halogens is 2. The Morgan fingerprint density at radius 1 is 1.29 bits per heavy atom. The summed E-state index contributed by atoms with van der Waals surface area (Å²) in [5, 5.41) is 0. The number of nitrogens with two attached hydrogens (primary N) is 1. The maximum atomic E-state index is 12.9. The van der Waals surface area contributed by atoms with E-state index in [1.807, 2.05) is 42.5 Å². The van der Waals surface area contributed by atoms with E-state index in [1.165, 1.54) is 0 Å². The predicted octanol–water partition coefficient (Wildman–Crippen LogP) is 4.69. The molecule has 2 rings (SSSR count). The zero-order valence-electron chi connectivity index (χ0n) is 11.6. The lowest BCUT2D eigenvalue weighted by Crippen LogP contribution is -2.32. The van der Waals surface area contributed by atoms with Crippen molar-refractivity contribution in [2.75, 3.05) is 17.2 Å². The molecular weight excluding hydrogens is 443 g/mol. The summed E-state index contributed by atoms with van der Waals surface area (Å²) in [6, 6.07) is 13.2. The molecule has 0 spiro atoms. The van der Waals surface area contributed by atoms with E-state index < -0.39 is 0 Å². The minimum Gasteiger partial charge on any atom is -0.399 e. The Morgan fingerprint density at radius 2 is 2.05 bits per heavy atom. The first kappa shape index (κ1) is 16.3. The van der Waals surface area contributed by atoms with Crippen molar-refractivity contribution in [3.8, 4) is 0 Å². The summed E-state index contributed by atoms with van der Waals surface area (Å²) in [6.45, 7) is 2.70. The third kappa shape index (κ3) is 3.97. The molecule has 2 aromatic carbocycles. The molecule has 0 aromatic heterocycles. The van der Waals surface area contributed by atoms with E-state index in [4.69, 9.17) is 5.73 Å². The monoisotopic (exact) mass is 458 g/mol. The van der Waals surface area contributed by atoms with E-state index >= 15 is 0 Å². The molecule has 0 saturated heterocycles. The first-order valence-electron chi connectivity index (χ1n) is 6.65. The van der Waals surface area contributed by atoms with Crippen LogP contribution in [0.2, 0.25) is 0 Å². The van der Waals surface area contributed by atoms with Crippen molar-refractivity contribution in [2.45, 2.75) is 13.3 Å². The van der Waals surface area contributed by atoms with Gasteiger partial charge in [0.1, 0.15) is 0 Å². The molecule has 2 aromatic rings. The van der Waals surface area contributed by atoms with Gasteiger partial charge in [-0.05, 0) is 81.3 Å². The van der Waals surface area contributed by atoms with Gasteiger partial charge in [-0.25, -0.2) is 0 Å². The summed E-state index contributed by atoms with van der Waals surface area (Å²) in [5.74, 6) is -0.0205. The number of amides is 1. The van der Waals surface area contributed by atoms with Crippen LogP contribution in [-0.4, -0.2) is 12.5 Å². The number of anilines is 2. The lowest BCUT2D eigenvalue weighted by molar-refractivity contribution is 0.0986. The number of rotatable bonds is 4. The molecule has 0 atom stereocenters. The zero-order chi connectivity index (χ0) is 15.4. The molecule has 1 amide bonds. The standard InChI is InChI=1S/C16H16BrIN2O/c1-2-8-20(13-5-3-4-12(19)10-13)16(21)14-9-11(18)6-7-15(14)17/h3-7,9-10H,2,8,19H2,1H3. The number of carbonyl (C=O) groups is 1. The van der Waals surface area contributed by atoms with Gasteiger partial charge in [-0.15, -0.1) is 0 Å². The molecule has 0 bridgehead atoms. The molecule has 110 valence electrons. The van der Waals surface area contributed by atoms with E-state index in [-0.39, 0.29) is 5.91 Å². The van der Waals surface area contributed by atoms with Gasteiger partial charge in [0.15, 0.2) is 0 Å². The van der Waals surface area contributed by atoms with Crippen molar-refractivity contribution in [1.82, 2.24) is 0 Å². The fourth-order valence-corrected chi connectivity index (χ4v) is 2.98. The van der Waals surface area contributed by atoms with Gasteiger partial charge in [0.2, 0.25) is 0 Å². The molecule has 0 radical (unpaired) electrons. The summed E-state index contributed by atoms with van der Waals surface area (Å²) in [4.78, 5) is 14.6. The van der Waals surface area contributed by atoms with Gasteiger partial charge in [0.05, 0.1) is 5.56 Å². The largest absolute Gasteiger partial charge is 0.399 e. The van der Waals surface area contributed by atoms with E-state index in [9.17, 15) is 4.79 Å². The van der Waals surface area contributed by atoms with Crippen molar-refractivity contribution >= 4 is 55.8 Å². The third-order valence-corrected chi connectivity index (χ3v) is 4.40.